The summed E-state index contributed by atoms with van der Waals surface area (Å²) in [4.78, 5) is 4.34. The van der Waals surface area contributed by atoms with Crippen LogP contribution in [-0.4, -0.2) is 19.9 Å². The van der Waals surface area contributed by atoms with Gasteiger partial charge in [0.2, 0.25) is 10.0 Å². The first-order valence-corrected chi connectivity index (χ1v) is 8.12. The number of pyridine rings is 1. The van der Waals surface area contributed by atoms with Crippen LogP contribution in [0.25, 0.3) is 11.1 Å². The Morgan fingerprint density at radius 3 is 2.45 bits per heavy atom. The zero-order chi connectivity index (χ0) is 14.4. The van der Waals surface area contributed by atoms with E-state index in [0.29, 0.717) is 11.4 Å². The van der Waals surface area contributed by atoms with Crippen LogP contribution in [0.2, 0.25) is 0 Å². The van der Waals surface area contributed by atoms with E-state index in [0.717, 1.165) is 24.0 Å². The third kappa shape index (κ3) is 3.65. The summed E-state index contributed by atoms with van der Waals surface area (Å²) in [5.74, 6) is 0. The number of unbranched alkanes of at least 4 members (excludes halogenated alkanes) is 1. The molecule has 1 heterocycles. The van der Waals surface area contributed by atoms with Crippen LogP contribution in [0.3, 0.4) is 0 Å². The van der Waals surface area contributed by atoms with Gasteiger partial charge in [-0.2, -0.15) is 0 Å². The molecule has 0 aliphatic rings. The lowest BCUT2D eigenvalue weighted by atomic mass is 10.1. The normalized spacial score (nSPS) is 11.4. The van der Waals surface area contributed by atoms with Crippen LogP contribution in [0.5, 0.6) is 0 Å². The maximum Gasteiger partial charge on any atom is 0.240 e. The van der Waals surface area contributed by atoms with Gasteiger partial charge < -0.3 is 0 Å². The molecule has 20 heavy (non-hydrogen) atoms. The predicted molar refractivity (Wildman–Crippen MR) is 79.8 cm³/mol. The average Bonchev–Trinajstić information content (AvgIpc) is 2.48. The summed E-state index contributed by atoms with van der Waals surface area (Å²) in [6.45, 7) is 2.50. The summed E-state index contributed by atoms with van der Waals surface area (Å²) < 4.78 is 26.7. The first-order chi connectivity index (χ1) is 9.63. The second-order valence-corrected chi connectivity index (χ2v) is 6.28. The monoisotopic (exact) mass is 290 g/mol. The van der Waals surface area contributed by atoms with Gasteiger partial charge in [0.15, 0.2) is 0 Å². The molecule has 0 aliphatic carbocycles. The third-order valence-corrected chi connectivity index (χ3v) is 4.46. The number of nitrogens with one attached hydrogen (secondary N) is 1. The zero-order valence-electron chi connectivity index (χ0n) is 11.4. The van der Waals surface area contributed by atoms with Crippen LogP contribution in [0, 0.1) is 0 Å². The highest BCUT2D eigenvalue weighted by Crippen LogP contribution is 2.20. The van der Waals surface area contributed by atoms with Gasteiger partial charge in [-0.05, 0) is 35.7 Å². The van der Waals surface area contributed by atoms with Crippen molar-refractivity contribution in [1.29, 1.82) is 0 Å². The van der Waals surface area contributed by atoms with E-state index >= 15 is 0 Å². The Labute approximate surface area is 119 Å². The van der Waals surface area contributed by atoms with Crippen molar-refractivity contribution in [2.24, 2.45) is 0 Å². The van der Waals surface area contributed by atoms with Gasteiger partial charge in [0, 0.05) is 18.9 Å². The first kappa shape index (κ1) is 14.7. The minimum atomic E-state index is -3.40. The molecule has 1 aromatic heterocycles. The van der Waals surface area contributed by atoms with Crippen LogP contribution >= 0.6 is 0 Å². The molecule has 106 valence electrons. The van der Waals surface area contributed by atoms with Gasteiger partial charge in [-0.3, -0.25) is 4.98 Å². The van der Waals surface area contributed by atoms with Crippen LogP contribution < -0.4 is 4.72 Å². The number of aromatic nitrogens is 1. The summed E-state index contributed by atoms with van der Waals surface area (Å²) >= 11 is 0. The summed E-state index contributed by atoms with van der Waals surface area (Å²) in [5.41, 5.74) is 1.92. The Balaban J connectivity index is 2.16. The first-order valence-electron chi connectivity index (χ1n) is 6.63. The molecule has 0 aliphatic heterocycles. The van der Waals surface area contributed by atoms with Crippen LogP contribution in [-0.2, 0) is 10.0 Å². The molecule has 1 N–H and O–H groups in total. The molecule has 0 atom stereocenters. The molecule has 0 fully saturated rings. The van der Waals surface area contributed by atoms with Gasteiger partial charge in [0.05, 0.1) is 4.90 Å². The van der Waals surface area contributed by atoms with E-state index in [1.807, 2.05) is 19.1 Å². The molecule has 0 radical (unpaired) electrons. The topological polar surface area (TPSA) is 59.1 Å². The molecule has 0 saturated heterocycles. The molecule has 0 unspecified atom stereocenters. The van der Waals surface area contributed by atoms with E-state index in [9.17, 15) is 8.42 Å². The Hall–Kier alpha value is -1.72. The maximum atomic E-state index is 12.0. The van der Waals surface area contributed by atoms with Crippen molar-refractivity contribution in [2.75, 3.05) is 6.54 Å². The van der Waals surface area contributed by atoms with Crippen LogP contribution in [0.4, 0.5) is 0 Å². The predicted octanol–water partition coefficient (Wildman–Crippen LogP) is 2.83. The minimum Gasteiger partial charge on any atom is -0.264 e. The highest BCUT2D eigenvalue weighted by atomic mass is 32.2. The number of sulfonamides is 1. The van der Waals surface area contributed by atoms with Crippen LogP contribution in [0.15, 0.2) is 53.7 Å². The molecule has 5 heteroatoms. The third-order valence-electron chi connectivity index (χ3n) is 2.98. The van der Waals surface area contributed by atoms with Gasteiger partial charge in [-0.1, -0.05) is 31.5 Å². The number of benzene rings is 1. The van der Waals surface area contributed by atoms with Gasteiger partial charge >= 0.3 is 0 Å². The van der Waals surface area contributed by atoms with E-state index in [4.69, 9.17) is 0 Å². The smallest absolute Gasteiger partial charge is 0.240 e. The average molecular weight is 290 g/mol. The molecule has 0 bridgehead atoms. The lowest BCUT2D eigenvalue weighted by Crippen LogP contribution is -2.24. The number of hydrogen-bond acceptors (Lipinski definition) is 3. The fourth-order valence-corrected chi connectivity index (χ4v) is 2.90. The lowest BCUT2D eigenvalue weighted by Gasteiger charge is -2.07. The Bertz CT molecular complexity index is 637. The molecular weight excluding hydrogens is 272 g/mol. The van der Waals surface area contributed by atoms with Gasteiger partial charge in [0.1, 0.15) is 0 Å². The van der Waals surface area contributed by atoms with Crippen molar-refractivity contribution in [1.82, 2.24) is 9.71 Å². The fraction of sp³-hybridized carbons (Fsp3) is 0.267. The molecule has 0 saturated carbocycles. The Kier molecular flexibility index (Phi) is 4.87. The van der Waals surface area contributed by atoms with Crippen molar-refractivity contribution in [3.05, 3.63) is 48.8 Å². The molecule has 4 nitrogen and oxygen atoms in total. The number of nitrogens with zero attached hydrogens (tertiary/aromatic N) is 1. The number of hydrogen-bond donors (Lipinski definition) is 1. The van der Waals surface area contributed by atoms with E-state index in [1.54, 1.807) is 36.7 Å². The van der Waals surface area contributed by atoms with Gasteiger partial charge in [-0.15, -0.1) is 0 Å². The van der Waals surface area contributed by atoms with Crippen LogP contribution in [0.1, 0.15) is 19.8 Å². The highest BCUT2D eigenvalue weighted by molar-refractivity contribution is 7.89. The molecular formula is C15H18N2O2S. The summed E-state index contributed by atoms with van der Waals surface area (Å²) in [6.07, 6.45) is 5.26. The molecule has 1 aromatic carbocycles. The molecule has 2 aromatic rings. The molecule has 0 spiro atoms. The summed E-state index contributed by atoms with van der Waals surface area (Å²) in [7, 11) is -3.40. The minimum absolute atomic E-state index is 0.293. The number of rotatable bonds is 6. The maximum absolute atomic E-state index is 12.0. The summed E-state index contributed by atoms with van der Waals surface area (Å²) in [5, 5.41) is 0. The largest absolute Gasteiger partial charge is 0.264 e. The lowest BCUT2D eigenvalue weighted by molar-refractivity contribution is 0.578. The second-order valence-electron chi connectivity index (χ2n) is 4.52. The van der Waals surface area contributed by atoms with E-state index in [1.165, 1.54) is 0 Å². The van der Waals surface area contributed by atoms with Gasteiger partial charge in [-0.25, -0.2) is 13.1 Å². The van der Waals surface area contributed by atoms with E-state index in [-0.39, 0.29) is 0 Å². The highest BCUT2D eigenvalue weighted by Gasteiger charge is 2.12. The molecule has 2 rings (SSSR count). The van der Waals surface area contributed by atoms with Crippen molar-refractivity contribution >= 4 is 10.0 Å². The zero-order valence-corrected chi connectivity index (χ0v) is 12.2. The van der Waals surface area contributed by atoms with Gasteiger partial charge in [0.25, 0.3) is 0 Å². The Morgan fingerprint density at radius 2 is 1.85 bits per heavy atom. The Morgan fingerprint density at radius 1 is 1.10 bits per heavy atom. The van der Waals surface area contributed by atoms with E-state index < -0.39 is 10.0 Å². The van der Waals surface area contributed by atoms with Crippen molar-refractivity contribution in [3.8, 4) is 11.1 Å². The second kappa shape index (κ2) is 6.63. The quantitative estimate of drug-likeness (QED) is 0.832. The standard InChI is InChI=1S/C15H18N2O2S/c1-2-3-11-17-20(18,19)15-8-6-13(7-9-15)14-5-4-10-16-12-14/h4-10,12,17H,2-3,11H2,1H3. The van der Waals surface area contributed by atoms with Crippen molar-refractivity contribution in [2.45, 2.75) is 24.7 Å². The summed E-state index contributed by atoms with van der Waals surface area (Å²) in [6, 6.07) is 10.6. The fourth-order valence-electron chi connectivity index (χ4n) is 1.83. The van der Waals surface area contributed by atoms with Crippen molar-refractivity contribution < 1.29 is 8.42 Å². The van der Waals surface area contributed by atoms with Crippen molar-refractivity contribution in [3.63, 3.8) is 0 Å². The molecule has 0 amide bonds. The SMILES string of the molecule is CCCCNS(=O)(=O)c1ccc(-c2cccnc2)cc1. The van der Waals surface area contributed by atoms with E-state index in [2.05, 4.69) is 9.71 Å².